The minimum absolute atomic E-state index is 0.175. The number of amides is 2. The molecular formula is C25H26N2O4S. The predicted octanol–water partition coefficient (Wildman–Crippen LogP) is 4.42. The van der Waals surface area contributed by atoms with Crippen LogP contribution in [0.1, 0.15) is 27.7 Å². The molecule has 0 saturated carbocycles. The van der Waals surface area contributed by atoms with E-state index >= 15 is 0 Å². The van der Waals surface area contributed by atoms with Crippen LogP contribution in [0.5, 0.6) is 11.5 Å². The molecule has 0 spiro atoms. The maximum absolute atomic E-state index is 12.9. The van der Waals surface area contributed by atoms with Crippen molar-refractivity contribution in [2.45, 2.75) is 19.9 Å². The lowest BCUT2D eigenvalue weighted by Gasteiger charge is -2.17. The number of ether oxygens (including phenoxy) is 2. The minimum Gasteiger partial charge on any atom is -0.497 e. The molecule has 32 heavy (non-hydrogen) atoms. The van der Waals surface area contributed by atoms with Gasteiger partial charge in [-0.2, -0.15) is 0 Å². The summed E-state index contributed by atoms with van der Waals surface area (Å²) >= 11 is 1.48. The summed E-state index contributed by atoms with van der Waals surface area (Å²) in [7, 11) is 1.60. The van der Waals surface area contributed by atoms with Crippen LogP contribution in [-0.4, -0.2) is 31.6 Å². The molecule has 0 fully saturated rings. The van der Waals surface area contributed by atoms with Crippen LogP contribution in [0.15, 0.2) is 71.7 Å². The van der Waals surface area contributed by atoms with Crippen LogP contribution in [0.4, 0.5) is 0 Å². The standard InChI is InChI=1S/C25H26N2O4S/c1-17-6-8-19(9-7-17)24(28)27-23(15-22-5-4-14-32-22)25(29)26-18(2)16-31-21-12-10-20(30-3)11-13-21/h4-15,18H,16H2,1-3H3,(H,26,29)(H,27,28)/b23-15-/t18-/m1/s1. The minimum atomic E-state index is -0.385. The van der Waals surface area contributed by atoms with Gasteiger partial charge in [-0.1, -0.05) is 23.8 Å². The summed E-state index contributed by atoms with van der Waals surface area (Å²) in [5, 5.41) is 7.54. The van der Waals surface area contributed by atoms with E-state index in [4.69, 9.17) is 9.47 Å². The summed E-state index contributed by atoms with van der Waals surface area (Å²) in [6.45, 7) is 4.06. The second-order valence-corrected chi connectivity index (χ2v) is 8.23. The van der Waals surface area contributed by atoms with Gasteiger partial charge in [-0.15, -0.1) is 11.3 Å². The number of carbonyl (C=O) groups is 2. The number of aryl methyl sites for hydroxylation is 1. The molecule has 6 nitrogen and oxygen atoms in total. The Morgan fingerprint density at radius 2 is 1.72 bits per heavy atom. The second-order valence-electron chi connectivity index (χ2n) is 7.25. The van der Waals surface area contributed by atoms with Crippen molar-refractivity contribution in [3.63, 3.8) is 0 Å². The summed E-state index contributed by atoms with van der Waals surface area (Å²) in [6.07, 6.45) is 1.67. The first-order valence-electron chi connectivity index (χ1n) is 10.2. The number of methoxy groups -OCH3 is 1. The number of hydrogen-bond acceptors (Lipinski definition) is 5. The van der Waals surface area contributed by atoms with Gasteiger partial charge < -0.3 is 20.1 Å². The van der Waals surface area contributed by atoms with Gasteiger partial charge in [0.2, 0.25) is 0 Å². The molecule has 0 bridgehead atoms. The maximum atomic E-state index is 12.9. The van der Waals surface area contributed by atoms with E-state index in [2.05, 4.69) is 10.6 Å². The summed E-state index contributed by atoms with van der Waals surface area (Å²) in [5.41, 5.74) is 1.71. The zero-order valence-electron chi connectivity index (χ0n) is 18.3. The van der Waals surface area contributed by atoms with Crippen molar-refractivity contribution in [2.75, 3.05) is 13.7 Å². The van der Waals surface area contributed by atoms with Gasteiger partial charge in [0.15, 0.2) is 0 Å². The highest BCUT2D eigenvalue weighted by molar-refractivity contribution is 7.10. The molecule has 0 radical (unpaired) electrons. The third kappa shape index (κ3) is 6.72. The fraction of sp³-hybridized carbons (Fsp3) is 0.200. The van der Waals surface area contributed by atoms with E-state index in [1.807, 2.05) is 43.5 Å². The summed E-state index contributed by atoms with van der Waals surface area (Å²) < 4.78 is 10.9. The fourth-order valence-electron chi connectivity index (χ4n) is 2.81. The molecule has 2 amide bonds. The lowest BCUT2D eigenvalue weighted by molar-refractivity contribution is -0.118. The van der Waals surface area contributed by atoms with Crippen LogP contribution in [0.2, 0.25) is 0 Å². The van der Waals surface area contributed by atoms with Gasteiger partial charge in [0.05, 0.1) is 13.2 Å². The molecule has 1 aromatic heterocycles. The average Bonchev–Trinajstić information content (AvgIpc) is 3.31. The fourth-order valence-corrected chi connectivity index (χ4v) is 3.47. The molecule has 0 unspecified atom stereocenters. The highest BCUT2D eigenvalue weighted by Crippen LogP contribution is 2.17. The first-order valence-corrected chi connectivity index (χ1v) is 11.0. The summed E-state index contributed by atoms with van der Waals surface area (Å²) in [5.74, 6) is 0.690. The van der Waals surface area contributed by atoms with Crippen molar-refractivity contribution < 1.29 is 19.1 Å². The SMILES string of the molecule is COc1ccc(OC[C@@H](C)NC(=O)/C(=C/c2cccs2)NC(=O)c2ccc(C)cc2)cc1. The largest absolute Gasteiger partial charge is 0.497 e. The predicted molar refractivity (Wildman–Crippen MR) is 127 cm³/mol. The molecule has 0 aliphatic heterocycles. The molecule has 1 atom stereocenters. The molecule has 0 aliphatic rings. The Balaban J connectivity index is 1.65. The molecule has 1 heterocycles. The highest BCUT2D eigenvalue weighted by atomic mass is 32.1. The molecular weight excluding hydrogens is 424 g/mol. The number of rotatable bonds is 9. The van der Waals surface area contributed by atoms with E-state index in [0.29, 0.717) is 11.3 Å². The first kappa shape index (κ1) is 23.1. The van der Waals surface area contributed by atoms with Crippen LogP contribution in [0.3, 0.4) is 0 Å². The van der Waals surface area contributed by atoms with E-state index in [9.17, 15) is 9.59 Å². The van der Waals surface area contributed by atoms with E-state index in [0.717, 1.165) is 16.2 Å². The Morgan fingerprint density at radius 1 is 1.03 bits per heavy atom. The van der Waals surface area contributed by atoms with Gasteiger partial charge in [-0.05, 0) is 67.8 Å². The quantitative estimate of drug-likeness (QED) is 0.473. The summed E-state index contributed by atoms with van der Waals surface area (Å²) in [6, 6.07) is 17.9. The molecule has 2 N–H and O–H groups in total. The first-order chi connectivity index (χ1) is 15.4. The average molecular weight is 451 g/mol. The zero-order chi connectivity index (χ0) is 22.9. The Morgan fingerprint density at radius 3 is 2.34 bits per heavy atom. The summed E-state index contributed by atoms with van der Waals surface area (Å²) in [4.78, 5) is 26.5. The number of nitrogens with one attached hydrogen (secondary N) is 2. The van der Waals surface area contributed by atoms with E-state index in [1.54, 1.807) is 49.6 Å². The Hall–Kier alpha value is -3.58. The molecule has 3 aromatic rings. The van der Waals surface area contributed by atoms with E-state index in [1.165, 1.54) is 11.3 Å². The molecule has 3 rings (SSSR count). The van der Waals surface area contributed by atoms with Gasteiger partial charge in [0.25, 0.3) is 11.8 Å². The van der Waals surface area contributed by atoms with Crippen LogP contribution < -0.4 is 20.1 Å². The van der Waals surface area contributed by atoms with Gasteiger partial charge in [0, 0.05) is 10.4 Å². The van der Waals surface area contributed by atoms with Gasteiger partial charge >= 0.3 is 0 Å². The Labute approximate surface area is 191 Å². The third-order valence-corrected chi connectivity index (χ3v) is 5.39. The third-order valence-electron chi connectivity index (χ3n) is 4.57. The van der Waals surface area contributed by atoms with E-state index < -0.39 is 0 Å². The van der Waals surface area contributed by atoms with Crippen molar-refractivity contribution >= 4 is 29.2 Å². The number of hydrogen-bond donors (Lipinski definition) is 2. The maximum Gasteiger partial charge on any atom is 0.268 e. The molecule has 0 saturated heterocycles. The lowest BCUT2D eigenvalue weighted by atomic mass is 10.1. The number of carbonyl (C=O) groups excluding carboxylic acids is 2. The second kappa shape index (κ2) is 11.2. The van der Waals surface area contributed by atoms with Gasteiger partial charge in [-0.3, -0.25) is 9.59 Å². The van der Waals surface area contributed by atoms with Crippen LogP contribution >= 0.6 is 11.3 Å². The Bertz CT molecular complexity index is 1060. The number of benzene rings is 2. The van der Waals surface area contributed by atoms with E-state index in [-0.39, 0.29) is 30.2 Å². The van der Waals surface area contributed by atoms with Crippen LogP contribution in [0, 0.1) is 6.92 Å². The molecule has 0 aliphatic carbocycles. The normalized spacial score (nSPS) is 12.0. The molecule has 166 valence electrons. The molecule has 7 heteroatoms. The van der Waals surface area contributed by atoms with Crippen molar-refractivity contribution in [3.05, 3.63) is 87.7 Å². The zero-order valence-corrected chi connectivity index (χ0v) is 19.1. The number of thiophene rings is 1. The van der Waals surface area contributed by atoms with Gasteiger partial charge in [0.1, 0.15) is 23.8 Å². The lowest BCUT2D eigenvalue weighted by Crippen LogP contribution is -2.41. The van der Waals surface area contributed by atoms with Crippen LogP contribution in [0.25, 0.3) is 6.08 Å². The van der Waals surface area contributed by atoms with Gasteiger partial charge in [-0.25, -0.2) is 0 Å². The monoisotopic (exact) mass is 450 g/mol. The van der Waals surface area contributed by atoms with Crippen molar-refractivity contribution in [2.24, 2.45) is 0 Å². The topological polar surface area (TPSA) is 76.7 Å². The smallest absolute Gasteiger partial charge is 0.268 e. The highest BCUT2D eigenvalue weighted by Gasteiger charge is 2.17. The molecule has 2 aromatic carbocycles. The van der Waals surface area contributed by atoms with Crippen molar-refractivity contribution in [1.29, 1.82) is 0 Å². The van der Waals surface area contributed by atoms with Crippen molar-refractivity contribution in [1.82, 2.24) is 10.6 Å². The Kier molecular flexibility index (Phi) is 8.05. The van der Waals surface area contributed by atoms with Crippen molar-refractivity contribution in [3.8, 4) is 11.5 Å². The van der Waals surface area contributed by atoms with Crippen LogP contribution in [-0.2, 0) is 4.79 Å².